The topological polar surface area (TPSA) is 42.4 Å². The summed E-state index contributed by atoms with van der Waals surface area (Å²) in [6.07, 6.45) is 4.36. The Labute approximate surface area is 163 Å². The minimum Gasteiger partial charge on any atom is -0.484 e. The maximum atomic E-state index is 13.0. The van der Waals surface area contributed by atoms with E-state index in [0.717, 1.165) is 17.5 Å². The van der Waals surface area contributed by atoms with Gasteiger partial charge in [0, 0.05) is 24.0 Å². The Kier molecular flexibility index (Phi) is 5.07. The van der Waals surface area contributed by atoms with E-state index in [1.54, 1.807) is 36.7 Å². The molecule has 0 bridgehead atoms. The van der Waals surface area contributed by atoms with Crippen molar-refractivity contribution in [1.29, 1.82) is 0 Å². The minimum atomic E-state index is -0.126. The van der Waals surface area contributed by atoms with Crippen LogP contribution in [-0.4, -0.2) is 28.9 Å². The lowest BCUT2D eigenvalue weighted by molar-refractivity contribution is -0.135. The van der Waals surface area contributed by atoms with Crippen LogP contribution in [0.4, 0.5) is 0 Å². The number of ether oxygens (including phenoxy) is 1. The Balaban J connectivity index is 1.58. The van der Waals surface area contributed by atoms with Gasteiger partial charge in [-0.1, -0.05) is 35.9 Å². The second-order valence-corrected chi connectivity index (χ2v) is 6.90. The highest BCUT2D eigenvalue weighted by Gasteiger charge is 2.31. The number of fused-ring (bicyclic) bond motifs is 1. The highest BCUT2D eigenvalue weighted by atomic mass is 35.5. The summed E-state index contributed by atoms with van der Waals surface area (Å²) in [5.41, 5.74) is 3.49. The molecule has 0 aliphatic carbocycles. The van der Waals surface area contributed by atoms with Crippen LogP contribution >= 0.6 is 11.6 Å². The fourth-order valence-corrected chi connectivity index (χ4v) is 3.63. The van der Waals surface area contributed by atoms with Gasteiger partial charge in [0.25, 0.3) is 5.91 Å². The zero-order chi connectivity index (χ0) is 18.6. The van der Waals surface area contributed by atoms with Crippen molar-refractivity contribution < 1.29 is 9.53 Å². The SMILES string of the molecule is O=C(COc1ccc(Cl)cc1)N1CCc2ccccc2C1c1ccncc1. The van der Waals surface area contributed by atoms with E-state index in [0.29, 0.717) is 17.3 Å². The predicted octanol–water partition coefficient (Wildman–Crippen LogP) is 4.29. The van der Waals surface area contributed by atoms with Gasteiger partial charge < -0.3 is 9.64 Å². The fourth-order valence-electron chi connectivity index (χ4n) is 3.50. The maximum absolute atomic E-state index is 13.0. The van der Waals surface area contributed by atoms with Gasteiger partial charge in [0.05, 0.1) is 6.04 Å². The van der Waals surface area contributed by atoms with Gasteiger partial charge in [-0.25, -0.2) is 0 Å². The number of carbonyl (C=O) groups is 1. The first-order valence-electron chi connectivity index (χ1n) is 8.88. The molecule has 5 heteroatoms. The molecule has 1 aliphatic rings. The van der Waals surface area contributed by atoms with Crippen molar-refractivity contribution in [2.24, 2.45) is 0 Å². The van der Waals surface area contributed by atoms with Gasteiger partial charge in [-0.2, -0.15) is 0 Å². The highest BCUT2D eigenvalue weighted by Crippen LogP contribution is 2.35. The van der Waals surface area contributed by atoms with E-state index in [1.165, 1.54) is 5.56 Å². The summed E-state index contributed by atoms with van der Waals surface area (Å²) in [7, 11) is 0. The molecule has 4 nitrogen and oxygen atoms in total. The monoisotopic (exact) mass is 378 g/mol. The molecule has 1 unspecified atom stereocenters. The van der Waals surface area contributed by atoms with Gasteiger partial charge >= 0.3 is 0 Å². The summed E-state index contributed by atoms with van der Waals surface area (Å²) < 4.78 is 5.69. The van der Waals surface area contributed by atoms with Crippen LogP contribution in [0.25, 0.3) is 0 Å². The summed E-state index contributed by atoms with van der Waals surface area (Å²) in [5, 5.41) is 0.638. The van der Waals surface area contributed by atoms with E-state index >= 15 is 0 Å². The quantitative estimate of drug-likeness (QED) is 0.680. The molecule has 1 atom stereocenters. The molecule has 27 heavy (non-hydrogen) atoms. The molecule has 0 fully saturated rings. The Morgan fingerprint density at radius 3 is 2.59 bits per heavy atom. The van der Waals surface area contributed by atoms with E-state index in [2.05, 4.69) is 17.1 Å². The van der Waals surface area contributed by atoms with E-state index in [4.69, 9.17) is 16.3 Å². The van der Waals surface area contributed by atoms with Crippen molar-refractivity contribution >= 4 is 17.5 Å². The number of amides is 1. The molecule has 4 rings (SSSR count). The standard InChI is InChI=1S/C22H19ClN2O2/c23-18-5-7-19(8-6-18)27-15-21(26)25-14-11-16-3-1-2-4-20(16)22(25)17-9-12-24-13-10-17/h1-10,12-13,22H,11,14-15H2. The molecule has 1 amide bonds. The number of halogens is 1. The van der Waals surface area contributed by atoms with Crippen molar-refractivity contribution in [3.05, 3.63) is 94.8 Å². The summed E-state index contributed by atoms with van der Waals surface area (Å²) in [6.45, 7) is 0.651. The highest BCUT2D eigenvalue weighted by molar-refractivity contribution is 6.30. The molecule has 136 valence electrons. The van der Waals surface area contributed by atoms with Crippen LogP contribution in [0.5, 0.6) is 5.75 Å². The van der Waals surface area contributed by atoms with Crippen LogP contribution in [0.15, 0.2) is 73.1 Å². The van der Waals surface area contributed by atoms with E-state index < -0.39 is 0 Å². The zero-order valence-electron chi connectivity index (χ0n) is 14.7. The minimum absolute atomic E-state index is 0.00855. The largest absolute Gasteiger partial charge is 0.484 e. The Morgan fingerprint density at radius 2 is 1.81 bits per heavy atom. The molecule has 0 N–H and O–H groups in total. The van der Waals surface area contributed by atoms with E-state index in [-0.39, 0.29) is 18.6 Å². The number of benzene rings is 2. The molecular weight excluding hydrogens is 360 g/mol. The number of hydrogen-bond acceptors (Lipinski definition) is 3. The summed E-state index contributed by atoms with van der Waals surface area (Å²) in [4.78, 5) is 19.0. The molecule has 1 aliphatic heterocycles. The number of hydrogen-bond donors (Lipinski definition) is 0. The van der Waals surface area contributed by atoms with Crippen molar-refractivity contribution in [2.45, 2.75) is 12.5 Å². The average molecular weight is 379 g/mol. The molecule has 0 saturated heterocycles. The van der Waals surface area contributed by atoms with Gasteiger partial charge in [0.15, 0.2) is 6.61 Å². The van der Waals surface area contributed by atoms with Crippen molar-refractivity contribution in [3.8, 4) is 5.75 Å². The first-order chi connectivity index (χ1) is 13.2. The Morgan fingerprint density at radius 1 is 1.07 bits per heavy atom. The second-order valence-electron chi connectivity index (χ2n) is 6.46. The average Bonchev–Trinajstić information content (AvgIpc) is 2.73. The lowest BCUT2D eigenvalue weighted by Gasteiger charge is -2.37. The van der Waals surface area contributed by atoms with E-state index in [9.17, 15) is 4.79 Å². The molecule has 2 heterocycles. The number of carbonyl (C=O) groups excluding carboxylic acids is 1. The van der Waals surface area contributed by atoms with Crippen molar-refractivity contribution in [1.82, 2.24) is 9.88 Å². The van der Waals surface area contributed by atoms with Gasteiger partial charge in [0.1, 0.15) is 5.75 Å². The van der Waals surface area contributed by atoms with Gasteiger partial charge in [0.2, 0.25) is 0 Å². The van der Waals surface area contributed by atoms with Gasteiger partial charge in [-0.05, 0) is 59.5 Å². The third-order valence-corrected chi connectivity index (χ3v) is 5.05. The van der Waals surface area contributed by atoms with Crippen LogP contribution in [0.3, 0.4) is 0 Å². The predicted molar refractivity (Wildman–Crippen MR) is 105 cm³/mol. The summed E-state index contributed by atoms with van der Waals surface area (Å²) >= 11 is 5.90. The molecule has 0 radical (unpaired) electrons. The Bertz CT molecular complexity index is 929. The molecule has 2 aromatic carbocycles. The van der Waals surface area contributed by atoms with Gasteiger partial charge in [-0.15, -0.1) is 0 Å². The number of aromatic nitrogens is 1. The molecule has 3 aromatic rings. The third kappa shape index (κ3) is 3.81. The van der Waals surface area contributed by atoms with Crippen LogP contribution in [0.2, 0.25) is 5.02 Å². The molecular formula is C22H19ClN2O2. The fraction of sp³-hybridized carbons (Fsp3) is 0.182. The van der Waals surface area contributed by atoms with Crippen molar-refractivity contribution in [3.63, 3.8) is 0 Å². The molecule has 0 saturated carbocycles. The summed E-state index contributed by atoms with van der Waals surface area (Å²) in [6, 6.07) is 19.1. The Hall–Kier alpha value is -2.85. The first-order valence-corrected chi connectivity index (χ1v) is 9.26. The third-order valence-electron chi connectivity index (χ3n) is 4.80. The number of rotatable bonds is 4. The maximum Gasteiger partial charge on any atom is 0.261 e. The number of nitrogens with zero attached hydrogens (tertiary/aromatic N) is 2. The van der Waals surface area contributed by atoms with Crippen LogP contribution in [0.1, 0.15) is 22.7 Å². The van der Waals surface area contributed by atoms with Crippen LogP contribution in [0, 0.1) is 0 Å². The normalized spacial score (nSPS) is 15.9. The van der Waals surface area contributed by atoms with E-state index in [1.807, 2.05) is 29.2 Å². The second kappa shape index (κ2) is 7.80. The zero-order valence-corrected chi connectivity index (χ0v) is 15.5. The van der Waals surface area contributed by atoms with Crippen molar-refractivity contribution in [2.75, 3.05) is 13.2 Å². The summed E-state index contributed by atoms with van der Waals surface area (Å²) in [5.74, 6) is 0.590. The molecule has 0 spiro atoms. The lowest BCUT2D eigenvalue weighted by atomic mass is 9.88. The van der Waals surface area contributed by atoms with Crippen LogP contribution in [-0.2, 0) is 11.2 Å². The van der Waals surface area contributed by atoms with Gasteiger partial charge in [-0.3, -0.25) is 9.78 Å². The lowest BCUT2D eigenvalue weighted by Crippen LogP contribution is -2.42. The smallest absolute Gasteiger partial charge is 0.261 e. The molecule has 1 aromatic heterocycles. The van der Waals surface area contributed by atoms with Crippen LogP contribution < -0.4 is 4.74 Å². The number of pyridine rings is 1. The first kappa shape index (κ1) is 17.6.